The third kappa shape index (κ3) is 4.10. The van der Waals surface area contributed by atoms with E-state index in [0.717, 1.165) is 5.56 Å². The number of nitrogens with two attached hydrogens (primary N) is 1. The molecule has 0 aliphatic rings. The highest BCUT2D eigenvalue weighted by molar-refractivity contribution is 7.89. The summed E-state index contributed by atoms with van der Waals surface area (Å²) in [5.74, 6) is 0. The first-order valence-electron chi connectivity index (χ1n) is 6.73. The maximum Gasteiger partial charge on any atom is 0.242 e. The van der Waals surface area contributed by atoms with E-state index in [1.165, 1.54) is 12.3 Å². The van der Waals surface area contributed by atoms with E-state index < -0.39 is 10.0 Å². The normalized spacial score (nSPS) is 13.0. The Bertz CT molecular complexity index is 687. The lowest BCUT2D eigenvalue weighted by Crippen LogP contribution is -2.35. The predicted molar refractivity (Wildman–Crippen MR) is 82.1 cm³/mol. The summed E-state index contributed by atoms with van der Waals surface area (Å²) in [6, 6.07) is 12.6. The number of benzene rings is 1. The van der Waals surface area contributed by atoms with Gasteiger partial charge >= 0.3 is 0 Å². The van der Waals surface area contributed by atoms with E-state index in [2.05, 4.69) is 9.71 Å². The first-order valence-corrected chi connectivity index (χ1v) is 8.21. The van der Waals surface area contributed by atoms with Crippen molar-refractivity contribution in [1.82, 2.24) is 9.71 Å². The van der Waals surface area contributed by atoms with Crippen LogP contribution in [0.1, 0.15) is 18.2 Å². The molecule has 1 aromatic heterocycles. The van der Waals surface area contributed by atoms with Crippen LogP contribution in [0.5, 0.6) is 0 Å². The molecule has 0 aliphatic carbocycles. The largest absolute Gasteiger partial charge is 0.325 e. The molecule has 5 nitrogen and oxygen atoms in total. The summed E-state index contributed by atoms with van der Waals surface area (Å²) in [7, 11) is -3.61. The van der Waals surface area contributed by atoms with Crippen molar-refractivity contribution >= 4 is 10.0 Å². The molecule has 1 atom stereocenters. The number of nitrogens with one attached hydrogen (secondary N) is 1. The van der Waals surface area contributed by atoms with Crippen molar-refractivity contribution in [2.75, 3.05) is 0 Å². The van der Waals surface area contributed by atoms with Crippen molar-refractivity contribution in [1.29, 1.82) is 0 Å². The summed E-state index contributed by atoms with van der Waals surface area (Å²) in [5.41, 5.74) is 7.00. The number of nitrogens with zero attached hydrogens (tertiary/aromatic N) is 1. The Morgan fingerprint density at radius 1 is 1.19 bits per heavy atom. The molecule has 0 bridgehead atoms. The summed E-state index contributed by atoms with van der Waals surface area (Å²) >= 11 is 0. The minimum atomic E-state index is -3.61. The van der Waals surface area contributed by atoms with Crippen LogP contribution in [0.2, 0.25) is 0 Å². The number of rotatable bonds is 6. The molecule has 0 aliphatic heterocycles. The molecule has 1 unspecified atom stereocenters. The molecule has 112 valence electrons. The van der Waals surface area contributed by atoms with Gasteiger partial charge in [-0.15, -0.1) is 0 Å². The van der Waals surface area contributed by atoms with E-state index in [-0.39, 0.29) is 17.5 Å². The molecule has 2 aromatic rings. The van der Waals surface area contributed by atoms with Crippen molar-refractivity contribution in [3.8, 4) is 0 Å². The highest BCUT2D eigenvalue weighted by Gasteiger charge is 2.20. The summed E-state index contributed by atoms with van der Waals surface area (Å²) in [5, 5.41) is 0. The highest BCUT2D eigenvalue weighted by Crippen LogP contribution is 2.13. The topological polar surface area (TPSA) is 85.1 Å². The molecule has 0 saturated heterocycles. The van der Waals surface area contributed by atoms with Gasteiger partial charge in [0.15, 0.2) is 0 Å². The average Bonchev–Trinajstić information content (AvgIpc) is 2.47. The minimum absolute atomic E-state index is 0.0874. The lowest BCUT2D eigenvalue weighted by atomic mass is 10.1. The van der Waals surface area contributed by atoms with Gasteiger partial charge in [-0.3, -0.25) is 4.98 Å². The molecular formula is C15H19N3O2S. The number of hydrogen-bond acceptors (Lipinski definition) is 4. The standard InChI is InChI=1S/C15H19N3O2S/c1-12(10-13-6-3-2-4-7-13)18-21(19,20)15-8-5-9-17-14(15)11-16/h2-9,12,18H,10-11,16H2,1H3. The maximum absolute atomic E-state index is 12.4. The van der Waals surface area contributed by atoms with E-state index in [4.69, 9.17) is 5.73 Å². The van der Waals surface area contributed by atoms with E-state index in [1.807, 2.05) is 37.3 Å². The van der Waals surface area contributed by atoms with Gasteiger partial charge in [0.1, 0.15) is 4.90 Å². The van der Waals surface area contributed by atoms with Crippen LogP contribution in [0.4, 0.5) is 0 Å². The van der Waals surface area contributed by atoms with E-state index in [0.29, 0.717) is 12.1 Å². The molecular weight excluding hydrogens is 286 g/mol. The van der Waals surface area contributed by atoms with Crippen molar-refractivity contribution in [3.05, 3.63) is 59.9 Å². The Balaban J connectivity index is 2.14. The first-order chi connectivity index (χ1) is 10.0. The predicted octanol–water partition coefficient (Wildman–Crippen LogP) is 1.45. The fourth-order valence-electron chi connectivity index (χ4n) is 2.16. The molecule has 1 aromatic carbocycles. The maximum atomic E-state index is 12.4. The zero-order chi connectivity index (χ0) is 15.3. The number of sulfonamides is 1. The van der Waals surface area contributed by atoms with E-state index in [9.17, 15) is 8.42 Å². The van der Waals surface area contributed by atoms with E-state index >= 15 is 0 Å². The number of aromatic nitrogens is 1. The second-order valence-corrected chi connectivity index (χ2v) is 6.55. The summed E-state index contributed by atoms with van der Waals surface area (Å²) in [4.78, 5) is 4.16. The Morgan fingerprint density at radius 3 is 2.57 bits per heavy atom. The Labute approximate surface area is 125 Å². The molecule has 21 heavy (non-hydrogen) atoms. The van der Waals surface area contributed by atoms with Gasteiger partial charge in [0.05, 0.1) is 5.69 Å². The molecule has 3 N–H and O–H groups in total. The molecule has 2 rings (SSSR count). The van der Waals surface area contributed by atoms with Gasteiger partial charge < -0.3 is 5.73 Å². The Morgan fingerprint density at radius 2 is 1.90 bits per heavy atom. The van der Waals surface area contributed by atoms with E-state index in [1.54, 1.807) is 6.07 Å². The fourth-order valence-corrected chi connectivity index (χ4v) is 3.60. The summed E-state index contributed by atoms with van der Waals surface area (Å²) in [6.07, 6.45) is 2.16. The SMILES string of the molecule is CC(Cc1ccccc1)NS(=O)(=O)c1cccnc1CN. The fraction of sp³-hybridized carbons (Fsp3) is 0.267. The first kappa shape index (κ1) is 15.6. The van der Waals surface area contributed by atoms with Crippen molar-refractivity contribution in [2.24, 2.45) is 5.73 Å². The van der Waals surface area contributed by atoms with Gasteiger partial charge in [-0.25, -0.2) is 13.1 Å². The van der Waals surface area contributed by atoms with Crippen LogP contribution in [0.25, 0.3) is 0 Å². The van der Waals surface area contributed by atoms with Crippen LogP contribution in [-0.4, -0.2) is 19.4 Å². The highest BCUT2D eigenvalue weighted by atomic mass is 32.2. The van der Waals surface area contributed by atoms with Crippen LogP contribution in [0, 0.1) is 0 Å². The third-order valence-corrected chi connectivity index (χ3v) is 4.74. The van der Waals surface area contributed by atoms with Crippen LogP contribution >= 0.6 is 0 Å². The van der Waals surface area contributed by atoms with Crippen molar-refractivity contribution < 1.29 is 8.42 Å². The Hall–Kier alpha value is -1.76. The molecule has 0 radical (unpaired) electrons. The molecule has 6 heteroatoms. The zero-order valence-electron chi connectivity index (χ0n) is 11.9. The second-order valence-electron chi connectivity index (χ2n) is 4.86. The Kier molecular flexibility index (Phi) is 5.06. The van der Waals surface area contributed by atoms with Gasteiger partial charge in [-0.1, -0.05) is 30.3 Å². The van der Waals surface area contributed by atoms with Crippen LogP contribution in [0.3, 0.4) is 0 Å². The molecule has 0 fully saturated rings. The minimum Gasteiger partial charge on any atom is -0.325 e. The van der Waals surface area contributed by atoms with Crippen molar-refractivity contribution in [3.63, 3.8) is 0 Å². The molecule has 1 heterocycles. The lowest BCUT2D eigenvalue weighted by Gasteiger charge is -2.15. The average molecular weight is 305 g/mol. The summed E-state index contributed by atoms with van der Waals surface area (Å²) < 4.78 is 27.5. The van der Waals surface area contributed by atoms with Gasteiger partial charge in [0.2, 0.25) is 10.0 Å². The lowest BCUT2D eigenvalue weighted by molar-refractivity contribution is 0.558. The zero-order valence-corrected chi connectivity index (χ0v) is 12.7. The second kappa shape index (κ2) is 6.80. The smallest absolute Gasteiger partial charge is 0.242 e. The van der Waals surface area contributed by atoms with Crippen LogP contribution < -0.4 is 10.5 Å². The quantitative estimate of drug-likeness (QED) is 0.846. The van der Waals surface area contributed by atoms with Gasteiger partial charge in [-0.2, -0.15) is 0 Å². The molecule has 0 amide bonds. The third-order valence-electron chi connectivity index (χ3n) is 3.07. The van der Waals surface area contributed by atoms with Crippen LogP contribution in [0.15, 0.2) is 53.6 Å². The summed E-state index contributed by atoms with van der Waals surface area (Å²) in [6.45, 7) is 1.92. The van der Waals surface area contributed by atoms with Gasteiger partial charge in [0, 0.05) is 18.8 Å². The number of pyridine rings is 1. The van der Waals surface area contributed by atoms with Gasteiger partial charge in [-0.05, 0) is 31.0 Å². The number of hydrogen-bond donors (Lipinski definition) is 2. The van der Waals surface area contributed by atoms with Gasteiger partial charge in [0.25, 0.3) is 0 Å². The molecule has 0 saturated carbocycles. The van der Waals surface area contributed by atoms with Crippen molar-refractivity contribution in [2.45, 2.75) is 30.8 Å². The van der Waals surface area contributed by atoms with Crippen LogP contribution in [-0.2, 0) is 23.0 Å². The molecule has 0 spiro atoms. The monoisotopic (exact) mass is 305 g/mol.